The monoisotopic (exact) mass is 383 g/mol. The average Bonchev–Trinajstić information content (AvgIpc) is 2.47. The van der Waals surface area contributed by atoms with Crippen LogP contribution in [0.2, 0.25) is 0 Å². The molecular formula is C17H26BrN3O2. The van der Waals surface area contributed by atoms with Gasteiger partial charge in [-0.2, -0.15) is 0 Å². The van der Waals surface area contributed by atoms with Crippen LogP contribution in [0.5, 0.6) is 0 Å². The number of nitrogens with one attached hydrogen (secondary N) is 1. The minimum absolute atomic E-state index is 0.340. The van der Waals surface area contributed by atoms with Crippen LogP contribution in [-0.4, -0.2) is 40.7 Å². The largest absolute Gasteiger partial charge is 0.444 e. The SMILES string of the molecule is CC(C)(C)OC(=O)NC[C@H]1CCCCN1Cc1ccc(Br)nc1. The lowest BCUT2D eigenvalue weighted by atomic mass is 10.0. The molecule has 0 aliphatic carbocycles. The summed E-state index contributed by atoms with van der Waals surface area (Å²) in [7, 11) is 0. The summed E-state index contributed by atoms with van der Waals surface area (Å²) in [4.78, 5) is 18.5. The van der Waals surface area contributed by atoms with E-state index in [0.29, 0.717) is 12.6 Å². The van der Waals surface area contributed by atoms with Gasteiger partial charge in [-0.3, -0.25) is 4.90 Å². The number of aromatic nitrogens is 1. The van der Waals surface area contributed by atoms with Gasteiger partial charge in [0.15, 0.2) is 0 Å². The second-order valence-electron chi connectivity index (χ2n) is 6.99. The Labute approximate surface area is 146 Å². The number of carbonyl (C=O) groups is 1. The molecule has 1 aromatic heterocycles. The second kappa shape index (κ2) is 8.11. The average molecular weight is 384 g/mol. The van der Waals surface area contributed by atoms with Gasteiger partial charge in [-0.15, -0.1) is 0 Å². The first kappa shape index (κ1) is 18.2. The zero-order chi connectivity index (χ0) is 16.9. The van der Waals surface area contributed by atoms with E-state index in [2.05, 4.69) is 37.2 Å². The Bertz CT molecular complexity index is 514. The lowest BCUT2D eigenvalue weighted by Gasteiger charge is -2.36. The van der Waals surface area contributed by atoms with E-state index in [0.717, 1.165) is 24.1 Å². The Kier molecular flexibility index (Phi) is 6.41. The maximum atomic E-state index is 11.8. The van der Waals surface area contributed by atoms with Crippen LogP contribution in [0.15, 0.2) is 22.9 Å². The molecule has 1 N–H and O–H groups in total. The third kappa shape index (κ3) is 6.47. The van der Waals surface area contributed by atoms with Gasteiger partial charge in [-0.25, -0.2) is 9.78 Å². The Morgan fingerprint density at radius 1 is 1.43 bits per heavy atom. The molecule has 0 bridgehead atoms. The normalized spacial score (nSPS) is 19.4. The number of hydrogen-bond donors (Lipinski definition) is 1. The molecule has 2 heterocycles. The fourth-order valence-electron chi connectivity index (χ4n) is 2.75. The molecule has 0 aromatic carbocycles. The smallest absolute Gasteiger partial charge is 0.407 e. The van der Waals surface area contributed by atoms with E-state index in [1.807, 2.05) is 33.0 Å². The highest BCUT2D eigenvalue weighted by Crippen LogP contribution is 2.20. The van der Waals surface area contributed by atoms with Gasteiger partial charge < -0.3 is 10.1 Å². The first-order chi connectivity index (χ1) is 10.8. The third-order valence-electron chi connectivity index (χ3n) is 3.80. The van der Waals surface area contributed by atoms with Gasteiger partial charge in [-0.1, -0.05) is 12.5 Å². The van der Waals surface area contributed by atoms with Crippen molar-refractivity contribution in [2.24, 2.45) is 0 Å². The van der Waals surface area contributed by atoms with Gasteiger partial charge in [0.05, 0.1) is 0 Å². The highest BCUT2D eigenvalue weighted by molar-refractivity contribution is 9.10. The fraction of sp³-hybridized carbons (Fsp3) is 0.647. The molecule has 1 aromatic rings. The summed E-state index contributed by atoms with van der Waals surface area (Å²) in [5.41, 5.74) is 0.733. The van der Waals surface area contributed by atoms with Crippen LogP contribution >= 0.6 is 15.9 Å². The summed E-state index contributed by atoms with van der Waals surface area (Å²) in [6.45, 7) is 8.16. The number of ether oxygens (including phenoxy) is 1. The van der Waals surface area contributed by atoms with Crippen LogP contribution in [-0.2, 0) is 11.3 Å². The van der Waals surface area contributed by atoms with Gasteiger partial charge >= 0.3 is 6.09 Å². The highest BCUT2D eigenvalue weighted by atomic mass is 79.9. The predicted octanol–water partition coefficient (Wildman–Crippen LogP) is 3.72. The van der Waals surface area contributed by atoms with Gasteiger partial charge in [0, 0.05) is 25.3 Å². The number of nitrogens with zero attached hydrogens (tertiary/aromatic N) is 2. The zero-order valence-electron chi connectivity index (χ0n) is 14.1. The number of carbonyl (C=O) groups excluding carboxylic acids is 1. The minimum Gasteiger partial charge on any atom is -0.444 e. The first-order valence-electron chi connectivity index (χ1n) is 8.15. The Balaban J connectivity index is 1.88. The maximum Gasteiger partial charge on any atom is 0.407 e. The van der Waals surface area contributed by atoms with Crippen molar-refractivity contribution in [3.05, 3.63) is 28.5 Å². The van der Waals surface area contributed by atoms with Gasteiger partial charge in [0.2, 0.25) is 0 Å². The number of rotatable bonds is 4. The van der Waals surface area contributed by atoms with Crippen LogP contribution in [0.1, 0.15) is 45.6 Å². The molecule has 1 atom stereocenters. The number of alkyl carbamates (subject to hydrolysis) is 1. The molecule has 1 fully saturated rings. The van der Waals surface area contributed by atoms with Crippen molar-refractivity contribution in [1.29, 1.82) is 0 Å². The van der Waals surface area contributed by atoms with Crippen molar-refractivity contribution in [3.63, 3.8) is 0 Å². The van der Waals surface area contributed by atoms with E-state index in [9.17, 15) is 4.79 Å². The van der Waals surface area contributed by atoms with E-state index in [1.54, 1.807) is 0 Å². The molecule has 0 saturated carbocycles. The van der Waals surface area contributed by atoms with Gasteiger partial charge in [0.1, 0.15) is 10.2 Å². The van der Waals surface area contributed by atoms with E-state index in [4.69, 9.17) is 4.74 Å². The van der Waals surface area contributed by atoms with E-state index in [-0.39, 0.29) is 6.09 Å². The molecular weight excluding hydrogens is 358 g/mol. The van der Waals surface area contributed by atoms with Crippen molar-refractivity contribution in [2.45, 2.75) is 58.2 Å². The maximum absolute atomic E-state index is 11.8. The zero-order valence-corrected chi connectivity index (χ0v) is 15.7. The fourth-order valence-corrected chi connectivity index (χ4v) is 2.98. The lowest BCUT2D eigenvalue weighted by molar-refractivity contribution is 0.0492. The molecule has 1 aliphatic rings. The highest BCUT2D eigenvalue weighted by Gasteiger charge is 2.24. The van der Waals surface area contributed by atoms with E-state index in [1.165, 1.54) is 18.4 Å². The number of likely N-dealkylation sites (tertiary alicyclic amines) is 1. The third-order valence-corrected chi connectivity index (χ3v) is 4.27. The Hall–Kier alpha value is -1.14. The van der Waals surface area contributed by atoms with Crippen LogP contribution in [0.25, 0.3) is 0 Å². The molecule has 0 spiro atoms. The number of hydrogen-bond acceptors (Lipinski definition) is 4. The minimum atomic E-state index is -0.459. The molecule has 0 radical (unpaired) electrons. The van der Waals surface area contributed by atoms with Crippen molar-refractivity contribution in [2.75, 3.05) is 13.1 Å². The van der Waals surface area contributed by atoms with Crippen LogP contribution in [0.3, 0.4) is 0 Å². The molecule has 6 heteroatoms. The van der Waals surface area contributed by atoms with Gasteiger partial charge in [-0.05, 0) is 67.7 Å². The van der Waals surface area contributed by atoms with E-state index < -0.39 is 5.60 Å². The summed E-state index contributed by atoms with van der Waals surface area (Å²) >= 11 is 3.36. The molecule has 0 unspecified atom stereocenters. The molecule has 128 valence electrons. The molecule has 1 aliphatic heterocycles. The summed E-state index contributed by atoms with van der Waals surface area (Å²) in [5.74, 6) is 0. The standard InChI is InChI=1S/C17H26BrN3O2/c1-17(2,3)23-16(22)20-11-14-6-4-5-9-21(14)12-13-7-8-15(18)19-10-13/h7-8,10,14H,4-6,9,11-12H2,1-3H3,(H,20,22)/t14-/m1/s1. The summed E-state index contributed by atoms with van der Waals surface area (Å²) < 4.78 is 6.16. The number of pyridine rings is 1. The summed E-state index contributed by atoms with van der Waals surface area (Å²) in [6, 6.07) is 4.40. The summed E-state index contributed by atoms with van der Waals surface area (Å²) in [6.07, 6.45) is 5.06. The number of halogens is 1. The predicted molar refractivity (Wildman–Crippen MR) is 94.2 cm³/mol. The molecule has 2 rings (SSSR count). The van der Waals surface area contributed by atoms with Crippen molar-refractivity contribution in [3.8, 4) is 0 Å². The van der Waals surface area contributed by atoms with Crippen LogP contribution in [0.4, 0.5) is 4.79 Å². The van der Waals surface area contributed by atoms with Crippen LogP contribution < -0.4 is 5.32 Å². The lowest BCUT2D eigenvalue weighted by Crippen LogP contribution is -2.47. The molecule has 23 heavy (non-hydrogen) atoms. The van der Waals surface area contributed by atoms with E-state index >= 15 is 0 Å². The number of piperidine rings is 1. The Morgan fingerprint density at radius 2 is 2.22 bits per heavy atom. The van der Waals surface area contributed by atoms with Crippen molar-refractivity contribution in [1.82, 2.24) is 15.2 Å². The van der Waals surface area contributed by atoms with Crippen molar-refractivity contribution < 1.29 is 9.53 Å². The molecule has 5 nitrogen and oxygen atoms in total. The second-order valence-corrected chi connectivity index (χ2v) is 7.80. The van der Waals surface area contributed by atoms with Crippen molar-refractivity contribution >= 4 is 22.0 Å². The van der Waals surface area contributed by atoms with Crippen LogP contribution in [0, 0.1) is 0 Å². The summed E-state index contributed by atoms with van der Waals surface area (Å²) in [5, 5.41) is 2.91. The molecule has 1 amide bonds. The Morgan fingerprint density at radius 3 is 2.87 bits per heavy atom. The number of amides is 1. The molecule has 1 saturated heterocycles. The first-order valence-corrected chi connectivity index (χ1v) is 8.94. The quantitative estimate of drug-likeness (QED) is 0.804. The van der Waals surface area contributed by atoms with Gasteiger partial charge in [0.25, 0.3) is 0 Å². The topological polar surface area (TPSA) is 54.5 Å².